The number of fused-ring (bicyclic) bond motifs is 1. The number of thiazole rings is 1. The van der Waals surface area contributed by atoms with Crippen LogP contribution in [0.4, 0.5) is 0 Å². The van der Waals surface area contributed by atoms with E-state index in [4.69, 9.17) is 5.73 Å². The number of benzene rings is 2. The summed E-state index contributed by atoms with van der Waals surface area (Å²) in [5.41, 5.74) is 11.8. The minimum absolute atomic E-state index is 0.0728. The minimum Gasteiger partial charge on any atom is -0.508 e. The first-order valence-electron chi connectivity index (χ1n) is 13.1. The fraction of sp³-hybridized carbons (Fsp3) is 0.379. The Kier molecular flexibility index (Phi) is 7.42. The third-order valence-corrected chi connectivity index (χ3v) is 8.51. The largest absolute Gasteiger partial charge is 0.508 e. The van der Waals surface area contributed by atoms with E-state index < -0.39 is 12.1 Å². The quantitative estimate of drug-likeness (QED) is 0.417. The molecule has 3 atom stereocenters. The molecule has 1 fully saturated rings. The van der Waals surface area contributed by atoms with Crippen molar-refractivity contribution in [3.8, 4) is 16.2 Å². The number of carbonyl (C=O) groups is 3. The Balaban J connectivity index is 1.29. The van der Waals surface area contributed by atoms with Gasteiger partial charge in [-0.15, -0.1) is 11.3 Å². The topological polar surface area (TPSA) is 129 Å². The Hall–Kier alpha value is -3.76. The molecule has 0 bridgehead atoms. The van der Waals surface area contributed by atoms with Crippen LogP contribution in [0.1, 0.15) is 47.4 Å². The van der Waals surface area contributed by atoms with Crippen molar-refractivity contribution in [2.24, 2.45) is 11.7 Å². The van der Waals surface area contributed by atoms with Gasteiger partial charge in [0.2, 0.25) is 11.8 Å². The number of aromatic hydroxyl groups is 1. The van der Waals surface area contributed by atoms with Crippen LogP contribution in [0.5, 0.6) is 5.75 Å². The summed E-state index contributed by atoms with van der Waals surface area (Å²) in [4.78, 5) is 48.8. The summed E-state index contributed by atoms with van der Waals surface area (Å²) in [6, 6.07) is 10.9. The number of nitrogens with zero attached hydrogens (tertiary/aromatic N) is 3. The molecule has 2 aliphatic rings. The highest BCUT2D eigenvalue weighted by molar-refractivity contribution is 7.13. The van der Waals surface area contributed by atoms with Gasteiger partial charge < -0.3 is 26.0 Å². The molecule has 10 heteroatoms. The van der Waals surface area contributed by atoms with Crippen LogP contribution < -0.4 is 11.1 Å². The molecule has 204 valence electrons. The molecule has 0 spiro atoms. The van der Waals surface area contributed by atoms with Gasteiger partial charge in [0.05, 0.1) is 16.1 Å². The molecule has 1 saturated heterocycles. The van der Waals surface area contributed by atoms with Crippen LogP contribution >= 0.6 is 11.3 Å². The number of likely N-dealkylation sites (tertiary alicyclic amines) is 1. The lowest BCUT2D eigenvalue weighted by Gasteiger charge is -2.35. The standard InChI is InChI=1S/C29H33N5O4S/c1-16(2)25(34-13-20-6-4-5-7-22(20)28(34)37)29(38)33-14-21(30)11-23(33)27(36)31-12-19-9-8-18(10-24(19)35)26-17(3)32-15-39-26/h4-10,15-16,21,23,25,35H,11-14,30H2,1-3H3,(H,31,36)/t21?,23-,25-/m0/s1. The zero-order valence-electron chi connectivity index (χ0n) is 22.3. The van der Waals surface area contributed by atoms with Gasteiger partial charge in [0, 0.05) is 36.8 Å². The maximum Gasteiger partial charge on any atom is 0.255 e. The highest BCUT2D eigenvalue weighted by atomic mass is 32.1. The smallest absolute Gasteiger partial charge is 0.255 e. The van der Waals surface area contributed by atoms with Crippen molar-refractivity contribution in [1.82, 2.24) is 20.1 Å². The van der Waals surface area contributed by atoms with Crippen molar-refractivity contribution in [2.45, 2.75) is 58.4 Å². The number of carbonyl (C=O) groups excluding carboxylic acids is 3. The minimum atomic E-state index is -0.755. The fourth-order valence-corrected chi connectivity index (χ4v) is 6.35. The first-order chi connectivity index (χ1) is 18.7. The van der Waals surface area contributed by atoms with E-state index >= 15 is 0 Å². The molecular formula is C29H33N5O4S. The molecule has 9 nitrogen and oxygen atoms in total. The first kappa shape index (κ1) is 26.8. The molecule has 3 aromatic rings. The van der Waals surface area contributed by atoms with Crippen LogP contribution in [0.15, 0.2) is 48.0 Å². The summed E-state index contributed by atoms with van der Waals surface area (Å²) >= 11 is 1.50. The average molecular weight is 548 g/mol. The molecule has 0 saturated carbocycles. The van der Waals surface area contributed by atoms with Crippen LogP contribution in [0, 0.1) is 12.8 Å². The number of aromatic nitrogens is 1. The lowest BCUT2D eigenvalue weighted by Crippen LogP contribution is -2.55. The lowest BCUT2D eigenvalue weighted by molar-refractivity contribution is -0.143. The van der Waals surface area contributed by atoms with Crippen LogP contribution in [0.25, 0.3) is 10.4 Å². The summed E-state index contributed by atoms with van der Waals surface area (Å²) in [6.45, 7) is 6.43. The number of amides is 3. The predicted molar refractivity (Wildman–Crippen MR) is 149 cm³/mol. The summed E-state index contributed by atoms with van der Waals surface area (Å²) in [6.07, 6.45) is 0.326. The Morgan fingerprint density at radius 2 is 2.00 bits per heavy atom. The zero-order chi connectivity index (χ0) is 27.8. The Morgan fingerprint density at radius 3 is 2.67 bits per heavy atom. The number of hydrogen-bond donors (Lipinski definition) is 3. The monoisotopic (exact) mass is 547 g/mol. The number of rotatable bonds is 7. The molecule has 1 unspecified atom stereocenters. The highest BCUT2D eigenvalue weighted by Gasteiger charge is 2.45. The molecule has 2 aliphatic heterocycles. The van der Waals surface area contributed by atoms with Crippen molar-refractivity contribution in [2.75, 3.05) is 6.54 Å². The van der Waals surface area contributed by atoms with Crippen LogP contribution in [0.3, 0.4) is 0 Å². The van der Waals surface area contributed by atoms with Crippen LogP contribution in [0.2, 0.25) is 0 Å². The van der Waals surface area contributed by atoms with Crippen molar-refractivity contribution in [3.05, 3.63) is 70.4 Å². The van der Waals surface area contributed by atoms with Gasteiger partial charge in [-0.1, -0.05) is 44.2 Å². The van der Waals surface area contributed by atoms with Gasteiger partial charge in [-0.25, -0.2) is 4.98 Å². The van der Waals surface area contributed by atoms with Gasteiger partial charge >= 0.3 is 0 Å². The number of aryl methyl sites for hydroxylation is 1. The van der Waals surface area contributed by atoms with Gasteiger partial charge in [-0.2, -0.15) is 0 Å². The maximum absolute atomic E-state index is 13.9. The van der Waals surface area contributed by atoms with E-state index in [1.165, 1.54) is 16.2 Å². The summed E-state index contributed by atoms with van der Waals surface area (Å²) in [5.74, 6) is -0.866. The maximum atomic E-state index is 13.9. The summed E-state index contributed by atoms with van der Waals surface area (Å²) < 4.78 is 0. The second-order valence-corrected chi connectivity index (χ2v) is 11.5. The van der Waals surface area contributed by atoms with E-state index in [1.54, 1.807) is 28.6 Å². The molecule has 0 radical (unpaired) electrons. The van der Waals surface area contributed by atoms with Crippen LogP contribution in [-0.2, 0) is 22.7 Å². The van der Waals surface area contributed by atoms with E-state index in [2.05, 4.69) is 10.3 Å². The summed E-state index contributed by atoms with van der Waals surface area (Å²) in [5, 5.41) is 13.5. The van der Waals surface area contributed by atoms with E-state index in [1.807, 2.05) is 45.0 Å². The van der Waals surface area contributed by atoms with Crippen molar-refractivity contribution in [3.63, 3.8) is 0 Å². The third kappa shape index (κ3) is 5.14. The molecule has 3 heterocycles. The number of nitrogens with one attached hydrogen (secondary N) is 1. The van der Waals surface area contributed by atoms with Gasteiger partial charge in [-0.3, -0.25) is 14.4 Å². The van der Waals surface area contributed by atoms with E-state index in [0.717, 1.165) is 21.7 Å². The molecule has 4 N–H and O–H groups in total. The van der Waals surface area contributed by atoms with Crippen LogP contribution in [-0.4, -0.2) is 62.3 Å². The molecular weight excluding hydrogens is 514 g/mol. The Bertz CT molecular complexity index is 1420. The Morgan fingerprint density at radius 1 is 1.23 bits per heavy atom. The molecule has 2 aromatic carbocycles. The zero-order valence-corrected chi connectivity index (χ0v) is 23.1. The van der Waals surface area contributed by atoms with E-state index in [9.17, 15) is 19.5 Å². The highest BCUT2D eigenvalue weighted by Crippen LogP contribution is 2.32. The molecule has 1 aromatic heterocycles. The van der Waals surface area contributed by atoms with Gasteiger partial charge in [0.15, 0.2) is 0 Å². The third-order valence-electron chi connectivity index (χ3n) is 7.53. The Labute approximate surface area is 231 Å². The lowest BCUT2D eigenvalue weighted by atomic mass is 10.0. The van der Waals surface area contributed by atoms with Gasteiger partial charge in [-0.05, 0) is 42.5 Å². The van der Waals surface area contributed by atoms with Crippen molar-refractivity contribution >= 4 is 29.1 Å². The van der Waals surface area contributed by atoms with Crippen molar-refractivity contribution < 1.29 is 19.5 Å². The predicted octanol–water partition coefficient (Wildman–Crippen LogP) is 3.05. The molecule has 0 aliphatic carbocycles. The van der Waals surface area contributed by atoms with Gasteiger partial charge in [0.1, 0.15) is 17.8 Å². The number of phenols is 1. The molecule has 39 heavy (non-hydrogen) atoms. The van der Waals surface area contributed by atoms with Gasteiger partial charge in [0.25, 0.3) is 5.91 Å². The fourth-order valence-electron chi connectivity index (χ4n) is 5.54. The molecule has 5 rings (SSSR count). The van der Waals surface area contributed by atoms with E-state index in [0.29, 0.717) is 24.1 Å². The second-order valence-electron chi connectivity index (χ2n) is 10.6. The second kappa shape index (κ2) is 10.8. The van der Waals surface area contributed by atoms with Crippen molar-refractivity contribution in [1.29, 1.82) is 0 Å². The average Bonchev–Trinajstić information content (AvgIpc) is 3.60. The first-order valence-corrected chi connectivity index (χ1v) is 14.0. The van der Waals surface area contributed by atoms with E-state index in [-0.39, 0.29) is 48.5 Å². The summed E-state index contributed by atoms with van der Waals surface area (Å²) in [7, 11) is 0. The molecule has 3 amide bonds. The number of phenolic OH excluding ortho intramolecular Hbond substituents is 1. The number of hydrogen-bond acceptors (Lipinski definition) is 7. The SMILES string of the molecule is Cc1ncsc1-c1ccc(CNC(=O)[C@@H]2CC(N)CN2C(=O)[C@H](C(C)C)N2Cc3ccccc3C2=O)c(O)c1. The normalized spacial score (nSPS) is 19.5. The number of nitrogens with two attached hydrogens (primary N) is 1.